The molecule has 3 N–H and O–H groups in total. The highest BCUT2D eigenvalue weighted by molar-refractivity contribution is 6.08. The number of carboxylic acids is 1. The predicted molar refractivity (Wildman–Crippen MR) is 47.4 cm³/mol. The van der Waals surface area contributed by atoms with Crippen LogP contribution < -0.4 is 5.73 Å². The minimum Gasteiger partial charge on any atom is -0.481 e. The van der Waals surface area contributed by atoms with Crippen LogP contribution in [0.4, 0.5) is 5.69 Å². The van der Waals surface area contributed by atoms with Crippen molar-refractivity contribution in [3.8, 4) is 0 Å². The first-order valence-corrected chi connectivity index (χ1v) is 3.70. The van der Waals surface area contributed by atoms with E-state index in [2.05, 4.69) is 0 Å². The SMILES string of the molecule is Nc1ccccc1C(=O)CC(=O)O. The summed E-state index contributed by atoms with van der Waals surface area (Å²) in [4.78, 5) is 21.4. The largest absolute Gasteiger partial charge is 0.481 e. The molecule has 4 nitrogen and oxygen atoms in total. The Morgan fingerprint density at radius 3 is 2.46 bits per heavy atom. The Bertz CT molecular complexity index is 346. The van der Waals surface area contributed by atoms with E-state index in [1.54, 1.807) is 18.2 Å². The van der Waals surface area contributed by atoms with Gasteiger partial charge in [0.25, 0.3) is 0 Å². The minimum atomic E-state index is -1.15. The number of carboxylic acid groups (broad SMARTS) is 1. The number of para-hydroxylation sites is 1. The number of nitrogens with two attached hydrogens (primary N) is 1. The molecule has 0 aliphatic heterocycles. The van der Waals surface area contributed by atoms with Crippen LogP contribution in [0.1, 0.15) is 16.8 Å². The van der Waals surface area contributed by atoms with Gasteiger partial charge in [0.05, 0.1) is 0 Å². The van der Waals surface area contributed by atoms with Crippen LogP contribution in [0.15, 0.2) is 24.3 Å². The molecule has 1 rings (SSSR count). The summed E-state index contributed by atoms with van der Waals surface area (Å²) in [6.45, 7) is 0. The average molecular weight is 179 g/mol. The Morgan fingerprint density at radius 2 is 1.92 bits per heavy atom. The molecule has 1 aromatic carbocycles. The van der Waals surface area contributed by atoms with Crippen LogP contribution in [0.2, 0.25) is 0 Å². The first-order valence-electron chi connectivity index (χ1n) is 3.70. The summed E-state index contributed by atoms with van der Waals surface area (Å²) in [6, 6.07) is 6.41. The second-order valence-electron chi connectivity index (χ2n) is 2.58. The Labute approximate surface area is 75.0 Å². The van der Waals surface area contributed by atoms with E-state index in [1.807, 2.05) is 0 Å². The van der Waals surface area contributed by atoms with Crippen molar-refractivity contribution in [2.45, 2.75) is 6.42 Å². The summed E-state index contributed by atoms with van der Waals surface area (Å²) in [6.07, 6.45) is -0.520. The normalized spacial score (nSPS) is 9.54. The minimum absolute atomic E-state index is 0.268. The van der Waals surface area contributed by atoms with Crippen molar-refractivity contribution in [3.63, 3.8) is 0 Å². The van der Waals surface area contributed by atoms with Gasteiger partial charge in [-0.3, -0.25) is 9.59 Å². The lowest BCUT2D eigenvalue weighted by atomic mass is 10.1. The Balaban J connectivity index is 2.89. The van der Waals surface area contributed by atoms with Crippen molar-refractivity contribution < 1.29 is 14.7 Å². The standard InChI is InChI=1S/C9H9NO3/c10-7-4-2-1-3-6(7)8(11)5-9(12)13/h1-4H,5,10H2,(H,12,13). The molecule has 4 heteroatoms. The van der Waals surface area contributed by atoms with Crippen LogP contribution in [-0.4, -0.2) is 16.9 Å². The molecule has 0 bridgehead atoms. The number of aliphatic carboxylic acids is 1. The lowest BCUT2D eigenvalue weighted by Crippen LogP contribution is -2.09. The molecule has 68 valence electrons. The van der Waals surface area contributed by atoms with Gasteiger partial charge in [-0.1, -0.05) is 12.1 Å². The number of hydrogen-bond acceptors (Lipinski definition) is 3. The molecule has 0 aromatic heterocycles. The van der Waals surface area contributed by atoms with Gasteiger partial charge in [-0.05, 0) is 12.1 Å². The zero-order chi connectivity index (χ0) is 9.84. The van der Waals surface area contributed by atoms with Crippen molar-refractivity contribution in [2.75, 3.05) is 5.73 Å². The van der Waals surface area contributed by atoms with E-state index in [9.17, 15) is 9.59 Å². The fourth-order valence-corrected chi connectivity index (χ4v) is 0.984. The molecular weight excluding hydrogens is 170 g/mol. The van der Waals surface area contributed by atoms with Crippen molar-refractivity contribution in [2.24, 2.45) is 0 Å². The third-order valence-corrected chi connectivity index (χ3v) is 1.57. The van der Waals surface area contributed by atoms with Crippen LogP contribution in [0.25, 0.3) is 0 Å². The highest BCUT2D eigenvalue weighted by Gasteiger charge is 2.12. The zero-order valence-corrected chi connectivity index (χ0v) is 6.86. The second kappa shape index (κ2) is 3.71. The maximum absolute atomic E-state index is 11.2. The molecule has 0 radical (unpaired) electrons. The van der Waals surface area contributed by atoms with Gasteiger partial charge in [0.1, 0.15) is 6.42 Å². The first-order chi connectivity index (χ1) is 6.11. The second-order valence-corrected chi connectivity index (χ2v) is 2.58. The van der Waals surface area contributed by atoms with Crippen molar-refractivity contribution in [1.29, 1.82) is 0 Å². The highest BCUT2D eigenvalue weighted by atomic mass is 16.4. The predicted octanol–water partition coefficient (Wildman–Crippen LogP) is 0.926. The molecular formula is C9H9NO3. The van der Waals surface area contributed by atoms with Crippen LogP contribution in [-0.2, 0) is 4.79 Å². The van der Waals surface area contributed by atoms with E-state index in [0.29, 0.717) is 5.69 Å². The quantitative estimate of drug-likeness (QED) is 0.411. The van der Waals surface area contributed by atoms with Gasteiger partial charge in [-0.15, -0.1) is 0 Å². The topological polar surface area (TPSA) is 80.4 Å². The molecule has 0 spiro atoms. The van der Waals surface area contributed by atoms with Crippen molar-refractivity contribution >= 4 is 17.4 Å². The number of hydrogen-bond donors (Lipinski definition) is 2. The van der Waals surface area contributed by atoms with Gasteiger partial charge in [0, 0.05) is 11.3 Å². The van der Waals surface area contributed by atoms with Crippen LogP contribution in [0.3, 0.4) is 0 Å². The average Bonchev–Trinajstić information content (AvgIpc) is 2.03. The number of anilines is 1. The van der Waals surface area contributed by atoms with E-state index in [-0.39, 0.29) is 5.56 Å². The first kappa shape index (κ1) is 9.25. The van der Waals surface area contributed by atoms with E-state index < -0.39 is 18.2 Å². The number of Topliss-reactive ketones (excluding diaryl/α,β-unsaturated/α-hetero) is 1. The molecule has 0 saturated heterocycles. The molecule has 0 aliphatic rings. The van der Waals surface area contributed by atoms with Gasteiger partial charge in [-0.25, -0.2) is 0 Å². The molecule has 0 saturated carbocycles. The van der Waals surface area contributed by atoms with Crippen molar-refractivity contribution in [1.82, 2.24) is 0 Å². The molecule has 1 aromatic rings. The van der Waals surface area contributed by atoms with Crippen LogP contribution >= 0.6 is 0 Å². The number of rotatable bonds is 3. The Morgan fingerprint density at radius 1 is 1.31 bits per heavy atom. The maximum Gasteiger partial charge on any atom is 0.311 e. The van der Waals surface area contributed by atoms with Gasteiger partial charge in [0.2, 0.25) is 0 Å². The fourth-order valence-electron chi connectivity index (χ4n) is 0.984. The molecule has 0 fully saturated rings. The van der Waals surface area contributed by atoms with Gasteiger partial charge < -0.3 is 10.8 Å². The third-order valence-electron chi connectivity index (χ3n) is 1.57. The van der Waals surface area contributed by atoms with Crippen molar-refractivity contribution in [3.05, 3.63) is 29.8 Å². The number of ketones is 1. The molecule has 0 unspecified atom stereocenters. The molecule has 0 heterocycles. The van der Waals surface area contributed by atoms with Crippen LogP contribution in [0, 0.1) is 0 Å². The Hall–Kier alpha value is -1.84. The Kier molecular flexibility index (Phi) is 2.64. The monoisotopic (exact) mass is 179 g/mol. The maximum atomic E-state index is 11.2. The summed E-state index contributed by atoms with van der Waals surface area (Å²) in [5.41, 5.74) is 6.07. The number of nitrogen functional groups attached to an aromatic ring is 1. The van der Waals surface area contributed by atoms with Crippen LogP contribution in [0.5, 0.6) is 0 Å². The fraction of sp³-hybridized carbons (Fsp3) is 0.111. The molecule has 0 aliphatic carbocycles. The van der Waals surface area contributed by atoms with Gasteiger partial charge in [-0.2, -0.15) is 0 Å². The molecule has 0 atom stereocenters. The summed E-state index contributed by atoms with van der Waals surface area (Å²) in [5.74, 6) is -1.61. The summed E-state index contributed by atoms with van der Waals surface area (Å²) in [7, 11) is 0. The molecule has 0 amide bonds. The smallest absolute Gasteiger partial charge is 0.311 e. The molecule has 13 heavy (non-hydrogen) atoms. The third kappa shape index (κ3) is 2.30. The number of carbonyl (C=O) groups is 2. The van der Waals surface area contributed by atoms with E-state index in [0.717, 1.165) is 0 Å². The van der Waals surface area contributed by atoms with E-state index in [1.165, 1.54) is 6.07 Å². The van der Waals surface area contributed by atoms with Gasteiger partial charge in [0.15, 0.2) is 5.78 Å². The van der Waals surface area contributed by atoms with E-state index >= 15 is 0 Å². The number of carbonyl (C=O) groups excluding carboxylic acids is 1. The summed E-state index contributed by atoms with van der Waals surface area (Å²) >= 11 is 0. The lowest BCUT2D eigenvalue weighted by Gasteiger charge is -2.01. The zero-order valence-electron chi connectivity index (χ0n) is 6.86. The lowest BCUT2D eigenvalue weighted by molar-refractivity contribution is -0.135. The summed E-state index contributed by atoms with van der Waals surface area (Å²) < 4.78 is 0. The highest BCUT2D eigenvalue weighted by Crippen LogP contribution is 2.12. The summed E-state index contributed by atoms with van der Waals surface area (Å²) in [5, 5.41) is 8.37. The van der Waals surface area contributed by atoms with Gasteiger partial charge >= 0.3 is 5.97 Å². The van der Waals surface area contributed by atoms with E-state index in [4.69, 9.17) is 10.8 Å². The number of benzene rings is 1.